The molecular formula is C15H20O3. The molecule has 18 heavy (non-hydrogen) atoms. The van der Waals surface area contributed by atoms with Gasteiger partial charge >= 0.3 is 0 Å². The van der Waals surface area contributed by atoms with Gasteiger partial charge in [-0.15, -0.1) is 0 Å². The minimum atomic E-state index is 0.140. The number of Topliss-reactive ketones (excluding diaryl/α,β-unsaturated/α-hetero) is 1. The Balaban J connectivity index is 2.27. The number of hydrogen-bond donors (Lipinski definition) is 0. The van der Waals surface area contributed by atoms with Crippen LogP contribution in [-0.4, -0.2) is 20.0 Å². The van der Waals surface area contributed by atoms with Gasteiger partial charge in [-0.25, -0.2) is 0 Å². The van der Waals surface area contributed by atoms with Crippen LogP contribution in [0.25, 0.3) is 0 Å². The molecule has 0 heterocycles. The number of rotatable bonds is 4. The fourth-order valence-corrected chi connectivity index (χ4v) is 2.67. The van der Waals surface area contributed by atoms with Crippen molar-refractivity contribution < 1.29 is 14.3 Å². The second-order valence-corrected chi connectivity index (χ2v) is 5.05. The van der Waals surface area contributed by atoms with E-state index in [1.165, 1.54) is 0 Å². The van der Waals surface area contributed by atoms with Crippen molar-refractivity contribution in [2.45, 2.75) is 26.2 Å². The van der Waals surface area contributed by atoms with Crippen LogP contribution >= 0.6 is 0 Å². The quantitative estimate of drug-likeness (QED) is 0.767. The molecule has 0 aliphatic heterocycles. The maximum atomic E-state index is 12.5. The molecule has 1 fully saturated rings. The Labute approximate surface area is 108 Å². The van der Waals surface area contributed by atoms with Crippen LogP contribution in [0.5, 0.6) is 11.5 Å². The second kappa shape index (κ2) is 5.42. The largest absolute Gasteiger partial charge is 0.497 e. The molecule has 0 radical (unpaired) electrons. The van der Waals surface area contributed by atoms with Gasteiger partial charge in [0, 0.05) is 5.92 Å². The Hall–Kier alpha value is -1.51. The minimum absolute atomic E-state index is 0.140. The molecule has 0 spiro atoms. The third kappa shape index (κ3) is 2.50. The summed E-state index contributed by atoms with van der Waals surface area (Å²) in [6, 6.07) is 5.39. The Kier molecular flexibility index (Phi) is 3.90. The predicted octanol–water partition coefficient (Wildman–Crippen LogP) is 3.32. The van der Waals surface area contributed by atoms with Gasteiger partial charge in [-0.05, 0) is 43.4 Å². The first kappa shape index (κ1) is 12.9. The number of ketones is 1. The third-order valence-corrected chi connectivity index (χ3v) is 3.74. The molecule has 2 atom stereocenters. The number of hydrogen-bond acceptors (Lipinski definition) is 3. The third-order valence-electron chi connectivity index (χ3n) is 3.74. The van der Waals surface area contributed by atoms with Crippen LogP contribution in [0.1, 0.15) is 36.5 Å². The first-order chi connectivity index (χ1) is 8.65. The highest BCUT2D eigenvalue weighted by Gasteiger charge is 2.29. The van der Waals surface area contributed by atoms with E-state index in [0.29, 0.717) is 23.0 Å². The van der Waals surface area contributed by atoms with Gasteiger partial charge in [-0.3, -0.25) is 4.79 Å². The lowest BCUT2D eigenvalue weighted by Crippen LogP contribution is -2.13. The Bertz CT molecular complexity index is 439. The topological polar surface area (TPSA) is 35.5 Å². The molecule has 1 saturated carbocycles. The molecule has 3 heteroatoms. The van der Waals surface area contributed by atoms with Crippen molar-refractivity contribution in [1.29, 1.82) is 0 Å². The summed E-state index contributed by atoms with van der Waals surface area (Å²) in [5.41, 5.74) is 0.649. The van der Waals surface area contributed by atoms with Crippen molar-refractivity contribution in [1.82, 2.24) is 0 Å². The van der Waals surface area contributed by atoms with E-state index >= 15 is 0 Å². The van der Waals surface area contributed by atoms with Crippen molar-refractivity contribution in [2.75, 3.05) is 14.2 Å². The molecule has 3 nitrogen and oxygen atoms in total. The number of ether oxygens (including phenoxy) is 2. The van der Waals surface area contributed by atoms with Crippen molar-refractivity contribution in [3.05, 3.63) is 23.8 Å². The Morgan fingerprint density at radius 2 is 2.00 bits per heavy atom. The highest BCUT2D eigenvalue weighted by molar-refractivity contribution is 6.00. The molecule has 0 saturated heterocycles. The fraction of sp³-hybridized carbons (Fsp3) is 0.533. The van der Waals surface area contributed by atoms with Gasteiger partial charge in [-0.2, -0.15) is 0 Å². The van der Waals surface area contributed by atoms with Gasteiger partial charge in [0.05, 0.1) is 19.8 Å². The molecule has 0 bridgehead atoms. The van der Waals surface area contributed by atoms with Crippen LogP contribution in [0.15, 0.2) is 18.2 Å². The lowest BCUT2D eigenvalue weighted by Gasteiger charge is -2.13. The van der Waals surface area contributed by atoms with Crippen molar-refractivity contribution >= 4 is 5.78 Å². The number of benzene rings is 1. The minimum Gasteiger partial charge on any atom is -0.497 e. The summed E-state index contributed by atoms with van der Waals surface area (Å²) in [4.78, 5) is 12.5. The van der Waals surface area contributed by atoms with Crippen molar-refractivity contribution in [3.8, 4) is 11.5 Å². The monoisotopic (exact) mass is 248 g/mol. The molecule has 1 aromatic rings. The second-order valence-electron chi connectivity index (χ2n) is 5.05. The van der Waals surface area contributed by atoms with Crippen LogP contribution in [-0.2, 0) is 0 Å². The molecule has 2 rings (SSSR count). The Morgan fingerprint density at radius 3 is 2.56 bits per heavy atom. The molecule has 1 aliphatic rings. The standard InChI is InChI=1S/C15H20O3/c1-10-4-5-11(8-10)15(16)13-9-12(17-2)6-7-14(13)18-3/h6-7,9-11H,4-5,8H2,1-3H3. The van der Waals surface area contributed by atoms with Gasteiger partial charge < -0.3 is 9.47 Å². The predicted molar refractivity (Wildman–Crippen MR) is 70.4 cm³/mol. The maximum Gasteiger partial charge on any atom is 0.169 e. The summed E-state index contributed by atoms with van der Waals surface area (Å²) < 4.78 is 10.5. The summed E-state index contributed by atoms with van der Waals surface area (Å²) in [6.07, 6.45) is 3.11. The van der Waals surface area contributed by atoms with E-state index in [1.807, 2.05) is 6.07 Å². The van der Waals surface area contributed by atoms with E-state index in [9.17, 15) is 4.79 Å². The van der Waals surface area contributed by atoms with Gasteiger partial charge in [0.15, 0.2) is 5.78 Å². The van der Waals surface area contributed by atoms with E-state index < -0.39 is 0 Å². The van der Waals surface area contributed by atoms with Crippen LogP contribution < -0.4 is 9.47 Å². The van der Waals surface area contributed by atoms with E-state index in [2.05, 4.69) is 6.92 Å². The van der Waals surface area contributed by atoms with Crippen molar-refractivity contribution in [2.24, 2.45) is 11.8 Å². The summed E-state index contributed by atoms with van der Waals surface area (Å²) in [7, 11) is 3.20. The van der Waals surface area contributed by atoms with Crippen molar-refractivity contribution in [3.63, 3.8) is 0 Å². The zero-order valence-electron chi connectivity index (χ0n) is 11.2. The van der Waals surface area contributed by atoms with E-state index in [4.69, 9.17) is 9.47 Å². The molecule has 0 N–H and O–H groups in total. The van der Waals surface area contributed by atoms with Gasteiger partial charge in [0.2, 0.25) is 0 Å². The zero-order chi connectivity index (χ0) is 13.1. The molecule has 98 valence electrons. The lowest BCUT2D eigenvalue weighted by molar-refractivity contribution is 0.0917. The van der Waals surface area contributed by atoms with Crippen LogP contribution in [0.4, 0.5) is 0 Å². The summed E-state index contributed by atoms with van der Waals surface area (Å²) in [5, 5.41) is 0. The number of carbonyl (C=O) groups is 1. The highest BCUT2D eigenvalue weighted by Crippen LogP contribution is 2.35. The average molecular weight is 248 g/mol. The van der Waals surface area contributed by atoms with Crippen LogP contribution in [0.2, 0.25) is 0 Å². The summed E-state index contributed by atoms with van der Waals surface area (Å²) in [5.74, 6) is 2.32. The molecule has 0 amide bonds. The number of methoxy groups -OCH3 is 2. The first-order valence-electron chi connectivity index (χ1n) is 6.42. The van der Waals surface area contributed by atoms with E-state index in [-0.39, 0.29) is 11.7 Å². The molecular weight excluding hydrogens is 228 g/mol. The fourth-order valence-electron chi connectivity index (χ4n) is 2.67. The zero-order valence-corrected chi connectivity index (χ0v) is 11.2. The van der Waals surface area contributed by atoms with Crippen LogP contribution in [0, 0.1) is 11.8 Å². The van der Waals surface area contributed by atoms with Gasteiger partial charge in [0.1, 0.15) is 11.5 Å². The molecule has 2 unspecified atom stereocenters. The molecule has 0 aromatic heterocycles. The van der Waals surface area contributed by atoms with Crippen LogP contribution in [0.3, 0.4) is 0 Å². The van der Waals surface area contributed by atoms with Gasteiger partial charge in [-0.1, -0.05) is 6.92 Å². The highest BCUT2D eigenvalue weighted by atomic mass is 16.5. The maximum absolute atomic E-state index is 12.5. The van der Waals surface area contributed by atoms with Gasteiger partial charge in [0.25, 0.3) is 0 Å². The molecule has 1 aliphatic carbocycles. The lowest BCUT2D eigenvalue weighted by atomic mass is 9.94. The first-order valence-corrected chi connectivity index (χ1v) is 6.42. The average Bonchev–Trinajstić information content (AvgIpc) is 2.83. The normalized spacial score (nSPS) is 22.8. The summed E-state index contributed by atoms with van der Waals surface area (Å²) in [6.45, 7) is 2.20. The molecule has 1 aromatic carbocycles. The number of carbonyl (C=O) groups excluding carboxylic acids is 1. The Morgan fingerprint density at radius 1 is 1.22 bits per heavy atom. The smallest absolute Gasteiger partial charge is 0.169 e. The summed E-state index contributed by atoms with van der Waals surface area (Å²) >= 11 is 0. The van der Waals surface area contributed by atoms with E-state index in [0.717, 1.165) is 19.3 Å². The SMILES string of the molecule is COc1ccc(OC)c(C(=O)C2CCC(C)C2)c1. The van der Waals surface area contributed by atoms with E-state index in [1.54, 1.807) is 26.4 Å².